The quantitative estimate of drug-likeness (QED) is 0.814. The Balaban J connectivity index is 1.68. The normalized spacial score (nSPS) is 20.2. The number of thioether (sulfide) groups is 1. The highest BCUT2D eigenvalue weighted by molar-refractivity contribution is 8.00. The third kappa shape index (κ3) is 3.77. The molecule has 1 atom stereocenters. The van der Waals surface area contributed by atoms with Crippen molar-refractivity contribution in [2.24, 2.45) is 0 Å². The molecule has 2 aliphatic rings. The molecular weight excluding hydrogens is 328 g/mol. The number of benzene rings is 1. The topological polar surface area (TPSA) is 67.9 Å². The molecule has 1 aliphatic carbocycles. The van der Waals surface area contributed by atoms with Gasteiger partial charge in [0.2, 0.25) is 11.8 Å². The van der Waals surface area contributed by atoms with Crippen LogP contribution in [-0.2, 0) is 9.59 Å². The van der Waals surface area contributed by atoms with Gasteiger partial charge in [-0.2, -0.15) is 0 Å². The zero-order valence-electron chi connectivity index (χ0n) is 13.9. The van der Waals surface area contributed by atoms with E-state index in [0.717, 1.165) is 18.4 Å². The second-order valence-electron chi connectivity index (χ2n) is 5.96. The Labute approximate surface area is 145 Å². The number of ether oxygens (including phenoxy) is 2. The van der Waals surface area contributed by atoms with Crippen LogP contribution in [0.4, 0.5) is 0 Å². The molecule has 1 saturated heterocycles. The molecule has 0 aromatic heterocycles. The highest BCUT2D eigenvalue weighted by atomic mass is 32.2. The summed E-state index contributed by atoms with van der Waals surface area (Å²) in [6.07, 6.45) is 2.48. The minimum absolute atomic E-state index is 0.0215. The van der Waals surface area contributed by atoms with Crippen molar-refractivity contribution in [1.29, 1.82) is 0 Å². The number of hydrogen-bond donors (Lipinski definition) is 1. The zero-order valence-corrected chi connectivity index (χ0v) is 14.7. The lowest BCUT2D eigenvalue weighted by Crippen LogP contribution is -2.34. The number of nitrogens with one attached hydrogen (secondary N) is 1. The Morgan fingerprint density at radius 2 is 2.04 bits per heavy atom. The van der Waals surface area contributed by atoms with Gasteiger partial charge in [-0.15, -0.1) is 11.8 Å². The van der Waals surface area contributed by atoms with Crippen LogP contribution in [0, 0.1) is 0 Å². The summed E-state index contributed by atoms with van der Waals surface area (Å²) in [5.41, 5.74) is 0.978. The minimum Gasteiger partial charge on any atom is -0.493 e. The van der Waals surface area contributed by atoms with Crippen molar-refractivity contribution in [2.75, 3.05) is 26.5 Å². The van der Waals surface area contributed by atoms with E-state index in [9.17, 15) is 9.59 Å². The number of carbonyl (C=O) groups is 2. The molecule has 0 unspecified atom stereocenters. The van der Waals surface area contributed by atoms with Crippen molar-refractivity contribution >= 4 is 23.6 Å². The van der Waals surface area contributed by atoms with E-state index in [1.807, 2.05) is 18.2 Å². The van der Waals surface area contributed by atoms with Crippen molar-refractivity contribution in [2.45, 2.75) is 30.7 Å². The lowest BCUT2D eigenvalue weighted by atomic mass is 10.1. The SMILES string of the molecule is COc1ccc([C@H]2SCC(=O)N2CCC(=O)NC2CC2)cc1OC. The van der Waals surface area contributed by atoms with E-state index >= 15 is 0 Å². The van der Waals surface area contributed by atoms with Gasteiger partial charge in [-0.05, 0) is 30.5 Å². The molecule has 6 nitrogen and oxygen atoms in total. The predicted octanol–water partition coefficient (Wildman–Crippen LogP) is 1.95. The van der Waals surface area contributed by atoms with Gasteiger partial charge in [-0.1, -0.05) is 6.07 Å². The maximum Gasteiger partial charge on any atom is 0.233 e. The van der Waals surface area contributed by atoms with Gasteiger partial charge < -0.3 is 19.7 Å². The monoisotopic (exact) mass is 350 g/mol. The number of methoxy groups -OCH3 is 2. The van der Waals surface area contributed by atoms with Crippen LogP contribution in [0.1, 0.15) is 30.2 Å². The van der Waals surface area contributed by atoms with Gasteiger partial charge in [0.15, 0.2) is 11.5 Å². The van der Waals surface area contributed by atoms with E-state index in [1.165, 1.54) is 0 Å². The molecule has 1 aliphatic heterocycles. The molecule has 2 amide bonds. The van der Waals surface area contributed by atoms with Crippen LogP contribution in [-0.4, -0.2) is 49.3 Å². The van der Waals surface area contributed by atoms with E-state index in [0.29, 0.717) is 36.3 Å². The van der Waals surface area contributed by atoms with E-state index in [2.05, 4.69) is 5.32 Å². The molecule has 1 heterocycles. The summed E-state index contributed by atoms with van der Waals surface area (Å²) in [5.74, 6) is 1.82. The van der Waals surface area contributed by atoms with Crippen molar-refractivity contribution in [3.63, 3.8) is 0 Å². The van der Waals surface area contributed by atoms with E-state index in [4.69, 9.17) is 9.47 Å². The van der Waals surface area contributed by atoms with Gasteiger partial charge in [-0.25, -0.2) is 0 Å². The van der Waals surface area contributed by atoms with Crippen molar-refractivity contribution in [3.05, 3.63) is 23.8 Å². The Morgan fingerprint density at radius 1 is 1.29 bits per heavy atom. The van der Waals surface area contributed by atoms with Crippen LogP contribution in [0.15, 0.2) is 18.2 Å². The summed E-state index contributed by atoms with van der Waals surface area (Å²) < 4.78 is 10.6. The predicted molar refractivity (Wildman–Crippen MR) is 92.2 cm³/mol. The molecule has 1 aromatic rings. The van der Waals surface area contributed by atoms with Crippen LogP contribution in [0.2, 0.25) is 0 Å². The van der Waals surface area contributed by atoms with E-state index in [1.54, 1.807) is 30.9 Å². The average molecular weight is 350 g/mol. The average Bonchev–Trinajstić information content (AvgIpc) is 3.33. The van der Waals surface area contributed by atoms with Crippen molar-refractivity contribution in [1.82, 2.24) is 10.2 Å². The summed E-state index contributed by atoms with van der Waals surface area (Å²) >= 11 is 1.57. The first-order chi connectivity index (χ1) is 11.6. The summed E-state index contributed by atoms with van der Waals surface area (Å²) in [6.45, 7) is 0.434. The first kappa shape index (κ1) is 17.0. The number of carbonyl (C=O) groups excluding carboxylic acids is 2. The fourth-order valence-corrected chi connectivity index (χ4v) is 3.94. The maximum atomic E-state index is 12.2. The van der Waals surface area contributed by atoms with Gasteiger partial charge in [0.05, 0.1) is 20.0 Å². The third-order valence-electron chi connectivity index (χ3n) is 4.18. The largest absolute Gasteiger partial charge is 0.493 e. The highest BCUT2D eigenvalue weighted by Gasteiger charge is 2.33. The smallest absolute Gasteiger partial charge is 0.233 e. The van der Waals surface area contributed by atoms with Crippen molar-refractivity contribution < 1.29 is 19.1 Å². The molecule has 1 aromatic carbocycles. The number of rotatable bonds is 7. The highest BCUT2D eigenvalue weighted by Crippen LogP contribution is 2.41. The summed E-state index contributed by atoms with van der Waals surface area (Å²) in [6, 6.07) is 6.03. The van der Waals surface area contributed by atoms with E-state index < -0.39 is 0 Å². The number of hydrogen-bond acceptors (Lipinski definition) is 5. The molecule has 1 saturated carbocycles. The van der Waals surface area contributed by atoms with Gasteiger partial charge in [0, 0.05) is 19.0 Å². The second-order valence-corrected chi connectivity index (χ2v) is 7.03. The summed E-state index contributed by atoms with van der Waals surface area (Å²) in [7, 11) is 3.19. The summed E-state index contributed by atoms with van der Waals surface area (Å²) in [5, 5.41) is 2.87. The van der Waals surface area contributed by atoms with E-state index in [-0.39, 0.29) is 17.2 Å². The van der Waals surface area contributed by atoms with Crippen molar-refractivity contribution in [3.8, 4) is 11.5 Å². The molecular formula is C17H22N2O4S. The molecule has 0 bridgehead atoms. The van der Waals surface area contributed by atoms with Crippen LogP contribution in [0.25, 0.3) is 0 Å². The number of amides is 2. The van der Waals surface area contributed by atoms with Crippen LogP contribution in [0.3, 0.4) is 0 Å². The van der Waals surface area contributed by atoms with Gasteiger partial charge in [-0.3, -0.25) is 9.59 Å². The van der Waals surface area contributed by atoms with Crippen LogP contribution in [0.5, 0.6) is 11.5 Å². The Hall–Kier alpha value is -1.89. The Bertz CT molecular complexity index is 633. The fraction of sp³-hybridized carbons (Fsp3) is 0.529. The Kier molecular flexibility index (Phi) is 5.18. The molecule has 0 spiro atoms. The maximum absolute atomic E-state index is 12.2. The lowest BCUT2D eigenvalue weighted by Gasteiger charge is -2.24. The second kappa shape index (κ2) is 7.34. The first-order valence-electron chi connectivity index (χ1n) is 8.04. The Morgan fingerprint density at radius 3 is 2.71 bits per heavy atom. The third-order valence-corrected chi connectivity index (χ3v) is 5.44. The van der Waals surface area contributed by atoms with Crippen LogP contribution < -0.4 is 14.8 Å². The first-order valence-corrected chi connectivity index (χ1v) is 9.09. The zero-order chi connectivity index (χ0) is 17.1. The van der Waals surface area contributed by atoms with Gasteiger partial charge in [0.25, 0.3) is 0 Å². The number of nitrogens with zero attached hydrogens (tertiary/aromatic N) is 1. The molecule has 0 radical (unpaired) electrons. The molecule has 2 fully saturated rings. The molecule has 3 rings (SSSR count). The summed E-state index contributed by atoms with van der Waals surface area (Å²) in [4.78, 5) is 25.9. The minimum atomic E-state index is -0.0916. The molecule has 1 N–H and O–H groups in total. The van der Waals surface area contributed by atoms with Crippen LogP contribution >= 0.6 is 11.8 Å². The van der Waals surface area contributed by atoms with Gasteiger partial charge in [0.1, 0.15) is 5.37 Å². The fourth-order valence-electron chi connectivity index (χ4n) is 2.73. The lowest BCUT2D eigenvalue weighted by molar-refractivity contribution is -0.129. The van der Waals surface area contributed by atoms with Gasteiger partial charge >= 0.3 is 0 Å². The molecule has 7 heteroatoms. The molecule has 24 heavy (non-hydrogen) atoms. The molecule has 130 valence electrons. The standard InChI is InChI=1S/C17H22N2O4S/c1-22-13-6-3-11(9-14(13)23-2)17-19(16(21)10-24-17)8-7-15(20)18-12-4-5-12/h3,6,9,12,17H,4-5,7-8,10H2,1-2H3,(H,18,20)/t17-/m1/s1.